The molecule has 0 bridgehead atoms. The van der Waals surface area contributed by atoms with Crippen molar-refractivity contribution >= 4 is 10.0 Å². The highest BCUT2D eigenvalue weighted by Crippen LogP contribution is 2.21. The van der Waals surface area contributed by atoms with Gasteiger partial charge in [-0.15, -0.1) is 0 Å². The van der Waals surface area contributed by atoms with Gasteiger partial charge in [-0.25, -0.2) is 13.1 Å². The van der Waals surface area contributed by atoms with Gasteiger partial charge in [0.25, 0.3) is 0 Å². The van der Waals surface area contributed by atoms with Crippen LogP contribution in [0.2, 0.25) is 0 Å². The standard InChI is InChI=1S/C6H12F3NO3S/c1-3-5(13-2)4-10-14(11,12)6(7,8)9/h5,10H,3-4H2,1-2H3. The molecule has 0 aromatic carbocycles. The minimum absolute atomic E-state index is 0.380. The van der Waals surface area contributed by atoms with Gasteiger partial charge in [0.05, 0.1) is 6.10 Å². The smallest absolute Gasteiger partial charge is 0.380 e. The van der Waals surface area contributed by atoms with Crippen LogP contribution in [0.1, 0.15) is 13.3 Å². The molecule has 0 saturated carbocycles. The van der Waals surface area contributed by atoms with Crippen molar-refractivity contribution in [2.45, 2.75) is 25.0 Å². The molecule has 86 valence electrons. The second-order valence-corrected chi connectivity index (χ2v) is 4.32. The lowest BCUT2D eigenvalue weighted by Crippen LogP contribution is -2.40. The molecule has 0 aliphatic rings. The monoisotopic (exact) mass is 235 g/mol. The number of ether oxygens (including phenoxy) is 1. The zero-order chi connectivity index (χ0) is 11.4. The lowest BCUT2D eigenvalue weighted by molar-refractivity contribution is -0.0451. The predicted molar refractivity (Wildman–Crippen MR) is 44.1 cm³/mol. The molecule has 14 heavy (non-hydrogen) atoms. The van der Waals surface area contributed by atoms with Crippen LogP contribution in [-0.2, 0) is 14.8 Å². The van der Waals surface area contributed by atoms with Crippen molar-refractivity contribution in [1.29, 1.82) is 0 Å². The summed E-state index contributed by atoms with van der Waals surface area (Å²) < 4.78 is 62.5. The highest BCUT2D eigenvalue weighted by Gasteiger charge is 2.45. The molecule has 0 radical (unpaired) electrons. The van der Waals surface area contributed by atoms with Gasteiger partial charge in [-0.2, -0.15) is 13.2 Å². The van der Waals surface area contributed by atoms with E-state index in [2.05, 4.69) is 0 Å². The van der Waals surface area contributed by atoms with Crippen LogP contribution in [0.15, 0.2) is 0 Å². The molecule has 8 heteroatoms. The lowest BCUT2D eigenvalue weighted by atomic mass is 10.3. The summed E-state index contributed by atoms with van der Waals surface area (Å²) in [7, 11) is -3.94. The van der Waals surface area contributed by atoms with Crippen LogP contribution < -0.4 is 4.72 Å². The van der Waals surface area contributed by atoms with Gasteiger partial charge in [-0.05, 0) is 6.42 Å². The van der Waals surface area contributed by atoms with Crippen molar-refractivity contribution in [2.24, 2.45) is 0 Å². The van der Waals surface area contributed by atoms with E-state index in [0.29, 0.717) is 6.42 Å². The summed E-state index contributed by atoms with van der Waals surface area (Å²) in [5, 5.41) is 0. The van der Waals surface area contributed by atoms with Crippen LogP contribution in [0, 0.1) is 0 Å². The lowest BCUT2D eigenvalue weighted by Gasteiger charge is -2.14. The maximum atomic E-state index is 11.8. The van der Waals surface area contributed by atoms with Crippen molar-refractivity contribution in [1.82, 2.24) is 4.72 Å². The van der Waals surface area contributed by atoms with Crippen molar-refractivity contribution in [3.8, 4) is 0 Å². The molecule has 1 atom stereocenters. The number of nitrogens with one attached hydrogen (secondary N) is 1. The number of hydrogen-bond acceptors (Lipinski definition) is 3. The summed E-state index contributed by atoms with van der Waals surface area (Å²) in [5.74, 6) is 0. The molecule has 0 rings (SSSR count). The first-order valence-electron chi connectivity index (χ1n) is 3.83. The van der Waals surface area contributed by atoms with Crippen molar-refractivity contribution < 1.29 is 26.3 Å². The van der Waals surface area contributed by atoms with Gasteiger partial charge in [0.1, 0.15) is 0 Å². The van der Waals surface area contributed by atoms with Gasteiger partial charge in [-0.1, -0.05) is 6.92 Å². The first kappa shape index (κ1) is 13.7. The fourth-order valence-electron chi connectivity index (χ4n) is 0.679. The Labute approximate surface area is 80.5 Å². The van der Waals surface area contributed by atoms with Gasteiger partial charge in [0.2, 0.25) is 0 Å². The average Bonchev–Trinajstić information content (AvgIpc) is 2.04. The van der Waals surface area contributed by atoms with Crippen molar-refractivity contribution in [3.05, 3.63) is 0 Å². The van der Waals surface area contributed by atoms with E-state index in [4.69, 9.17) is 4.74 Å². The molecule has 0 amide bonds. The molecular weight excluding hydrogens is 223 g/mol. The molecule has 1 unspecified atom stereocenters. The van der Waals surface area contributed by atoms with Crippen LogP contribution in [-0.4, -0.2) is 33.7 Å². The highest BCUT2D eigenvalue weighted by molar-refractivity contribution is 7.90. The van der Waals surface area contributed by atoms with Crippen LogP contribution in [0.5, 0.6) is 0 Å². The number of methoxy groups -OCH3 is 1. The fourth-order valence-corrected chi connectivity index (χ4v) is 1.25. The summed E-state index contributed by atoms with van der Waals surface area (Å²) in [6.45, 7) is 1.30. The minimum atomic E-state index is -5.26. The Hall–Kier alpha value is -0.340. The maximum Gasteiger partial charge on any atom is 0.511 e. The Morgan fingerprint density at radius 2 is 1.93 bits per heavy atom. The Bertz CT molecular complexity index is 258. The Morgan fingerprint density at radius 1 is 1.43 bits per heavy atom. The second kappa shape index (κ2) is 4.94. The van der Waals surface area contributed by atoms with E-state index in [1.807, 2.05) is 0 Å². The van der Waals surface area contributed by atoms with Gasteiger partial charge < -0.3 is 4.74 Å². The zero-order valence-corrected chi connectivity index (χ0v) is 8.57. The second-order valence-electron chi connectivity index (χ2n) is 2.56. The highest BCUT2D eigenvalue weighted by atomic mass is 32.2. The molecule has 0 aromatic rings. The van der Waals surface area contributed by atoms with Gasteiger partial charge in [0.15, 0.2) is 0 Å². The molecule has 0 saturated heterocycles. The van der Waals surface area contributed by atoms with E-state index < -0.39 is 21.6 Å². The van der Waals surface area contributed by atoms with E-state index in [1.165, 1.54) is 11.8 Å². The summed E-state index contributed by atoms with van der Waals surface area (Å²) in [4.78, 5) is 0. The summed E-state index contributed by atoms with van der Waals surface area (Å²) >= 11 is 0. The third-order valence-corrected chi connectivity index (χ3v) is 2.75. The summed E-state index contributed by atoms with van der Waals surface area (Å²) in [6.07, 6.45) is -0.122. The van der Waals surface area contributed by atoms with E-state index in [9.17, 15) is 21.6 Å². The van der Waals surface area contributed by atoms with E-state index in [0.717, 1.165) is 0 Å². The van der Waals surface area contributed by atoms with Crippen LogP contribution in [0.3, 0.4) is 0 Å². The predicted octanol–water partition coefficient (Wildman–Crippen LogP) is 0.851. The molecule has 0 aliphatic carbocycles. The molecule has 0 aromatic heterocycles. The van der Waals surface area contributed by atoms with Crippen LogP contribution in [0.25, 0.3) is 0 Å². The molecule has 4 nitrogen and oxygen atoms in total. The quantitative estimate of drug-likeness (QED) is 0.768. The Balaban J connectivity index is 4.27. The Morgan fingerprint density at radius 3 is 2.21 bits per heavy atom. The topological polar surface area (TPSA) is 55.4 Å². The minimum Gasteiger partial charge on any atom is -0.380 e. The third-order valence-electron chi connectivity index (χ3n) is 1.59. The molecule has 0 heterocycles. The largest absolute Gasteiger partial charge is 0.511 e. The normalized spacial score (nSPS) is 15.5. The molecule has 1 N–H and O–H groups in total. The van der Waals surface area contributed by atoms with Crippen LogP contribution >= 0.6 is 0 Å². The van der Waals surface area contributed by atoms with Crippen molar-refractivity contribution in [3.63, 3.8) is 0 Å². The number of alkyl halides is 3. The number of sulfonamides is 1. The summed E-state index contributed by atoms with van der Waals surface area (Å²) in [6, 6.07) is 0. The SMILES string of the molecule is CCC(CNS(=O)(=O)C(F)(F)F)OC. The van der Waals surface area contributed by atoms with Crippen LogP contribution in [0.4, 0.5) is 13.2 Å². The Kier molecular flexibility index (Phi) is 4.82. The van der Waals surface area contributed by atoms with Gasteiger partial charge in [0, 0.05) is 13.7 Å². The average molecular weight is 235 g/mol. The van der Waals surface area contributed by atoms with E-state index in [1.54, 1.807) is 6.92 Å². The molecule has 0 spiro atoms. The first-order chi connectivity index (χ1) is 6.24. The zero-order valence-electron chi connectivity index (χ0n) is 7.76. The third kappa shape index (κ3) is 3.81. The van der Waals surface area contributed by atoms with Gasteiger partial charge in [-0.3, -0.25) is 0 Å². The molecule has 0 aliphatic heterocycles. The number of rotatable bonds is 5. The molecular formula is C6H12F3NO3S. The van der Waals surface area contributed by atoms with E-state index in [-0.39, 0.29) is 6.54 Å². The van der Waals surface area contributed by atoms with Gasteiger partial charge >= 0.3 is 15.5 Å². The van der Waals surface area contributed by atoms with Crippen molar-refractivity contribution in [2.75, 3.05) is 13.7 Å². The maximum absolute atomic E-state index is 11.8. The number of hydrogen-bond donors (Lipinski definition) is 1. The van der Waals surface area contributed by atoms with E-state index >= 15 is 0 Å². The molecule has 0 fully saturated rings. The fraction of sp³-hybridized carbons (Fsp3) is 1.00. The summed E-state index contributed by atoms with van der Waals surface area (Å²) in [5.41, 5.74) is -5.26. The first-order valence-corrected chi connectivity index (χ1v) is 5.31. The number of halogens is 3.